The highest BCUT2D eigenvalue weighted by Crippen LogP contribution is 2.31. The van der Waals surface area contributed by atoms with E-state index in [2.05, 4.69) is 24.3 Å². The van der Waals surface area contributed by atoms with Crippen molar-refractivity contribution in [1.82, 2.24) is 5.32 Å². The molecule has 0 aromatic carbocycles. The van der Waals surface area contributed by atoms with Crippen molar-refractivity contribution in [2.45, 2.75) is 45.7 Å². The van der Waals surface area contributed by atoms with E-state index in [0.717, 1.165) is 5.92 Å². The lowest BCUT2D eigenvalue weighted by Gasteiger charge is -2.23. The minimum atomic E-state index is -0.0438. The number of nitrogens with two attached hydrogens (primary N) is 1. The van der Waals surface area contributed by atoms with Crippen LogP contribution >= 0.6 is 0 Å². The molecule has 82 valence electrons. The average Bonchev–Trinajstić information content (AvgIpc) is 2.48. The number of nitrogens with zero attached hydrogens (tertiary/aromatic N) is 1. The van der Waals surface area contributed by atoms with Crippen molar-refractivity contribution < 1.29 is 5.21 Å². The molecule has 0 bridgehead atoms. The molecule has 1 aliphatic carbocycles. The van der Waals surface area contributed by atoms with Gasteiger partial charge in [0.05, 0.1) is 6.04 Å². The first-order valence-electron chi connectivity index (χ1n) is 5.29. The van der Waals surface area contributed by atoms with Gasteiger partial charge in [0, 0.05) is 6.04 Å². The van der Waals surface area contributed by atoms with Gasteiger partial charge < -0.3 is 16.3 Å². The first-order valence-corrected chi connectivity index (χ1v) is 5.29. The average molecular weight is 199 g/mol. The van der Waals surface area contributed by atoms with E-state index in [0.29, 0.717) is 12.0 Å². The quantitative estimate of drug-likeness (QED) is 0.276. The zero-order valence-corrected chi connectivity index (χ0v) is 9.20. The Hall–Kier alpha value is -0.770. The summed E-state index contributed by atoms with van der Waals surface area (Å²) in [7, 11) is 0. The van der Waals surface area contributed by atoms with Gasteiger partial charge in [0.2, 0.25) is 0 Å². The third-order valence-electron chi connectivity index (χ3n) is 3.49. The van der Waals surface area contributed by atoms with Gasteiger partial charge in [-0.3, -0.25) is 0 Å². The van der Waals surface area contributed by atoms with E-state index >= 15 is 0 Å². The smallest absolute Gasteiger partial charge is 0.156 e. The number of hydrogen-bond donors (Lipinski definition) is 3. The van der Waals surface area contributed by atoms with Gasteiger partial charge in [0.15, 0.2) is 5.84 Å². The highest BCUT2D eigenvalue weighted by atomic mass is 16.4. The summed E-state index contributed by atoms with van der Waals surface area (Å²) in [5, 5.41) is 14.9. The van der Waals surface area contributed by atoms with Crippen LogP contribution in [-0.2, 0) is 0 Å². The molecule has 0 aromatic rings. The summed E-state index contributed by atoms with van der Waals surface area (Å²) < 4.78 is 0. The largest absolute Gasteiger partial charge is 0.409 e. The summed E-state index contributed by atoms with van der Waals surface area (Å²) in [6.07, 6.45) is 2.45. The van der Waals surface area contributed by atoms with Crippen LogP contribution in [0.5, 0.6) is 0 Å². The van der Waals surface area contributed by atoms with Crippen molar-refractivity contribution in [1.29, 1.82) is 0 Å². The molecule has 0 aromatic heterocycles. The Morgan fingerprint density at radius 3 is 2.57 bits per heavy atom. The van der Waals surface area contributed by atoms with Gasteiger partial charge in [-0.15, -0.1) is 0 Å². The maximum absolute atomic E-state index is 8.52. The number of rotatable bonds is 3. The van der Waals surface area contributed by atoms with Gasteiger partial charge in [0.25, 0.3) is 0 Å². The summed E-state index contributed by atoms with van der Waals surface area (Å²) in [4.78, 5) is 0. The van der Waals surface area contributed by atoms with E-state index in [1.165, 1.54) is 12.8 Å². The summed E-state index contributed by atoms with van der Waals surface area (Å²) in [5.41, 5.74) is 5.51. The third kappa shape index (κ3) is 2.38. The fourth-order valence-electron chi connectivity index (χ4n) is 2.09. The van der Waals surface area contributed by atoms with Crippen LogP contribution in [0.3, 0.4) is 0 Å². The molecule has 1 saturated carbocycles. The zero-order chi connectivity index (χ0) is 10.7. The minimum Gasteiger partial charge on any atom is -0.409 e. The van der Waals surface area contributed by atoms with E-state index in [-0.39, 0.29) is 11.9 Å². The SMILES string of the molecule is CC(NC1CCC(C)C1C)C(N)=NO. The molecule has 4 heteroatoms. The van der Waals surface area contributed by atoms with Gasteiger partial charge in [-0.1, -0.05) is 19.0 Å². The van der Waals surface area contributed by atoms with Crippen LogP contribution < -0.4 is 11.1 Å². The van der Waals surface area contributed by atoms with Crippen LogP contribution in [0, 0.1) is 11.8 Å². The Balaban J connectivity index is 2.45. The molecule has 1 fully saturated rings. The maximum atomic E-state index is 8.52. The second-order valence-corrected chi connectivity index (χ2v) is 4.43. The van der Waals surface area contributed by atoms with Crippen molar-refractivity contribution in [3.05, 3.63) is 0 Å². The van der Waals surface area contributed by atoms with Crippen molar-refractivity contribution in [2.24, 2.45) is 22.7 Å². The first kappa shape index (κ1) is 11.3. The molecule has 14 heavy (non-hydrogen) atoms. The lowest BCUT2D eigenvalue weighted by Crippen LogP contribution is -2.46. The molecule has 0 spiro atoms. The van der Waals surface area contributed by atoms with Crippen LogP contribution in [0.1, 0.15) is 33.6 Å². The van der Waals surface area contributed by atoms with Crippen molar-refractivity contribution in [3.63, 3.8) is 0 Å². The Morgan fingerprint density at radius 1 is 1.50 bits per heavy atom. The van der Waals surface area contributed by atoms with E-state index in [1.807, 2.05) is 6.92 Å². The van der Waals surface area contributed by atoms with Crippen LogP contribution in [0.4, 0.5) is 0 Å². The Kier molecular flexibility index (Phi) is 3.75. The predicted molar refractivity (Wildman–Crippen MR) is 57.4 cm³/mol. The third-order valence-corrected chi connectivity index (χ3v) is 3.49. The number of amidine groups is 1. The number of hydrogen-bond acceptors (Lipinski definition) is 3. The molecule has 4 N–H and O–H groups in total. The van der Waals surface area contributed by atoms with Gasteiger partial charge in [0.1, 0.15) is 0 Å². The van der Waals surface area contributed by atoms with Gasteiger partial charge >= 0.3 is 0 Å². The molecule has 4 unspecified atom stereocenters. The lowest BCUT2D eigenvalue weighted by atomic mass is 9.97. The van der Waals surface area contributed by atoms with Crippen LogP contribution in [0.25, 0.3) is 0 Å². The topological polar surface area (TPSA) is 70.6 Å². The number of oxime groups is 1. The van der Waals surface area contributed by atoms with E-state index in [1.54, 1.807) is 0 Å². The molecule has 0 heterocycles. The van der Waals surface area contributed by atoms with Gasteiger partial charge in [-0.2, -0.15) is 0 Å². The molecule has 0 radical (unpaired) electrons. The van der Waals surface area contributed by atoms with Crippen LogP contribution in [-0.4, -0.2) is 23.1 Å². The molecule has 0 aliphatic heterocycles. The van der Waals surface area contributed by atoms with Crippen LogP contribution in [0.15, 0.2) is 5.16 Å². The molecule has 0 saturated heterocycles. The van der Waals surface area contributed by atoms with E-state index in [9.17, 15) is 0 Å². The second kappa shape index (κ2) is 4.64. The molecule has 1 aliphatic rings. The number of nitrogens with one attached hydrogen (secondary N) is 1. The van der Waals surface area contributed by atoms with Crippen LogP contribution in [0.2, 0.25) is 0 Å². The van der Waals surface area contributed by atoms with E-state index in [4.69, 9.17) is 10.9 Å². The summed E-state index contributed by atoms with van der Waals surface area (Å²) in [6.45, 7) is 6.46. The lowest BCUT2D eigenvalue weighted by molar-refractivity contribution is 0.311. The molecule has 1 rings (SSSR count). The molecule has 0 amide bonds. The summed E-state index contributed by atoms with van der Waals surface area (Å²) in [6, 6.07) is 0.457. The van der Waals surface area contributed by atoms with Crippen molar-refractivity contribution in [3.8, 4) is 0 Å². The highest BCUT2D eigenvalue weighted by molar-refractivity contribution is 5.84. The molecule has 4 nitrogen and oxygen atoms in total. The molecular formula is C10H21N3O. The monoisotopic (exact) mass is 199 g/mol. The van der Waals surface area contributed by atoms with Crippen molar-refractivity contribution >= 4 is 5.84 Å². The van der Waals surface area contributed by atoms with Gasteiger partial charge in [-0.25, -0.2) is 0 Å². The molecule has 4 atom stereocenters. The fraction of sp³-hybridized carbons (Fsp3) is 0.900. The van der Waals surface area contributed by atoms with E-state index < -0.39 is 0 Å². The fourth-order valence-corrected chi connectivity index (χ4v) is 2.09. The van der Waals surface area contributed by atoms with Gasteiger partial charge in [-0.05, 0) is 31.6 Å². The first-order chi connectivity index (χ1) is 6.56. The Morgan fingerprint density at radius 2 is 2.14 bits per heavy atom. The Bertz CT molecular complexity index is 217. The predicted octanol–water partition coefficient (Wildman–Crippen LogP) is 1.15. The summed E-state index contributed by atoms with van der Waals surface area (Å²) in [5.74, 6) is 1.70. The summed E-state index contributed by atoms with van der Waals surface area (Å²) >= 11 is 0. The zero-order valence-electron chi connectivity index (χ0n) is 9.20. The standard InChI is InChI=1S/C10H21N3O/c1-6-4-5-9(7(6)2)12-8(3)10(11)13-14/h6-9,12,14H,4-5H2,1-3H3,(H2,11,13). The Labute approximate surface area is 85.6 Å². The normalized spacial score (nSPS) is 35.9. The van der Waals surface area contributed by atoms with Crippen molar-refractivity contribution in [2.75, 3.05) is 0 Å². The maximum Gasteiger partial charge on any atom is 0.156 e. The molecular weight excluding hydrogens is 178 g/mol. The highest BCUT2D eigenvalue weighted by Gasteiger charge is 2.30. The minimum absolute atomic E-state index is 0.0438. The second-order valence-electron chi connectivity index (χ2n) is 4.43.